The van der Waals surface area contributed by atoms with Gasteiger partial charge in [-0.05, 0) is 25.7 Å². The topological polar surface area (TPSA) is 55.1 Å². The van der Waals surface area contributed by atoms with Crippen molar-refractivity contribution in [2.24, 2.45) is 11.1 Å². The monoisotopic (exact) mass is 312 g/mol. The molecule has 1 amide bonds. The lowest BCUT2D eigenvalue weighted by atomic mass is 9.79. The summed E-state index contributed by atoms with van der Waals surface area (Å²) in [5.41, 5.74) is 5.40. The number of hydrogen-bond donors (Lipinski definition) is 2. The van der Waals surface area contributed by atoms with E-state index in [1.54, 1.807) is 0 Å². The Morgan fingerprint density at radius 1 is 1.14 bits per heavy atom. The van der Waals surface area contributed by atoms with Crippen LogP contribution in [-0.4, -0.2) is 16.9 Å². The van der Waals surface area contributed by atoms with Gasteiger partial charge in [-0.3, -0.25) is 4.79 Å². The molecule has 21 heavy (non-hydrogen) atoms. The van der Waals surface area contributed by atoms with Gasteiger partial charge in [0.25, 0.3) is 0 Å². The Kier molecular flexibility index (Phi) is 8.23. The lowest BCUT2D eigenvalue weighted by Crippen LogP contribution is -2.51. The van der Waals surface area contributed by atoms with Gasteiger partial charge in [-0.25, -0.2) is 0 Å². The number of amides is 1. The SMILES string of the molecule is CCCCC(CCC)NC(=O)C1(C(N)=S)CCCCCC1. The molecule has 1 rings (SSSR count). The standard InChI is InChI=1S/C17H32N2OS/c1-3-5-11-14(10-4-2)19-16(20)17(15(18)21)12-8-6-7-9-13-17/h14H,3-13H2,1-2H3,(H2,18,21)(H,19,20). The van der Waals surface area contributed by atoms with Crippen molar-refractivity contribution >= 4 is 23.1 Å². The Morgan fingerprint density at radius 3 is 2.24 bits per heavy atom. The Hall–Kier alpha value is -0.640. The summed E-state index contributed by atoms with van der Waals surface area (Å²) in [6.07, 6.45) is 11.6. The van der Waals surface area contributed by atoms with Crippen LogP contribution in [0.1, 0.15) is 84.5 Å². The molecule has 1 saturated carbocycles. The van der Waals surface area contributed by atoms with Crippen LogP contribution in [0.2, 0.25) is 0 Å². The molecule has 1 atom stereocenters. The summed E-state index contributed by atoms with van der Waals surface area (Å²) in [7, 11) is 0. The number of nitrogens with one attached hydrogen (secondary N) is 1. The second-order valence-electron chi connectivity index (χ2n) is 6.46. The minimum Gasteiger partial charge on any atom is -0.392 e. The molecule has 0 aromatic carbocycles. The maximum absolute atomic E-state index is 12.9. The Bertz CT molecular complexity index is 336. The van der Waals surface area contributed by atoms with Crippen molar-refractivity contribution in [3.63, 3.8) is 0 Å². The van der Waals surface area contributed by atoms with Crippen LogP contribution in [0, 0.1) is 5.41 Å². The fraction of sp³-hybridized carbons (Fsp3) is 0.882. The number of unbranched alkanes of at least 4 members (excludes halogenated alkanes) is 1. The fourth-order valence-corrected chi connectivity index (χ4v) is 3.63. The molecule has 1 aliphatic carbocycles. The van der Waals surface area contributed by atoms with Crippen LogP contribution < -0.4 is 11.1 Å². The highest BCUT2D eigenvalue weighted by Crippen LogP contribution is 2.36. The maximum atomic E-state index is 12.9. The summed E-state index contributed by atoms with van der Waals surface area (Å²) in [4.78, 5) is 13.3. The first-order valence-electron chi connectivity index (χ1n) is 8.67. The smallest absolute Gasteiger partial charge is 0.233 e. The van der Waals surface area contributed by atoms with Gasteiger partial charge < -0.3 is 11.1 Å². The van der Waals surface area contributed by atoms with Crippen LogP contribution in [-0.2, 0) is 4.79 Å². The molecule has 122 valence electrons. The molecule has 1 fully saturated rings. The highest BCUT2D eigenvalue weighted by molar-refractivity contribution is 7.80. The molecule has 0 saturated heterocycles. The van der Waals surface area contributed by atoms with Crippen LogP contribution in [0.25, 0.3) is 0 Å². The molecular weight excluding hydrogens is 280 g/mol. The van der Waals surface area contributed by atoms with Gasteiger partial charge >= 0.3 is 0 Å². The van der Waals surface area contributed by atoms with E-state index in [-0.39, 0.29) is 11.9 Å². The molecule has 0 heterocycles. The van der Waals surface area contributed by atoms with Gasteiger partial charge in [0.2, 0.25) is 5.91 Å². The lowest BCUT2D eigenvalue weighted by molar-refractivity contribution is -0.129. The van der Waals surface area contributed by atoms with Crippen molar-refractivity contribution < 1.29 is 4.79 Å². The molecule has 0 aromatic heterocycles. The molecule has 4 heteroatoms. The van der Waals surface area contributed by atoms with E-state index in [2.05, 4.69) is 19.2 Å². The van der Waals surface area contributed by atoms with Gasteiger partial charge in [0, 0.05) is 6.04 Å². The number of rotatable bonds is 8. The zero-order valence-corrected chi connectivity index (χ0v) is 14.6. The number of nitrogens with two attached hydrogens (primary N) is 1. The number of carbonyl (C=O) groups excluding carboxylic acids is 1. The molecule has 3 nitrogen and oxygen atoms in total. The third-order valence-electron chi connectivity index (χ3n) is 4.74. The summed E-state index contributed by atoms with van der Waals surface area (Å²) in [6, 6.07) is 0.275. The molecule has 1 unspecified atom stereocenters. The first-order chi connectivity index (χ1) is 10.1. The van der Waals surface area contributed by atoms with Gasteiger partial charge in [0.15, 0.2) is 0 Å². The first-order valence-corrected chi connectivity index (χ1v) is 9.08. The van der Waals surface area contributed by atoms with Crippen molar-refractivity contribution in [2.75, 3.05) is 0 Å². The van der Waals surface area contributed by atoms with Crippen LogP contribution in [0.3, 0.4) is 0 Å². The van der Waals surface area contributed by atoms with E-state index < -0.39 is 5.41 Å². The highest BCUT2D eigenvalue weighted by Gasteiger charge is 2.41. The quantitative estimate of drug-likeness (QED) is 0.524. The normalized spacial score (nSPS) is 19.5. The van der Waals surface area contributed by atoms with Gasteiger partial charge in [0.1, 0.15) is 0 Å². The third kappa shape index (κ3) is 5.24. The van der Waals surface area contributed by atoms with Crippen LogP contribution >= 0.6 is 12.2 Å². The predicted molar refractivity (Wildman–Crippen MR) is 93.3 cm³/mol. The molecule has 0 spiro atoms. The summed E-state index contributed by atoms with van der Waals surface area (Å²) in [6.45, 7) is 4.35. The van der Waals surface area contributed by atoms with Crippen molar-refractivity contribution in [1.29, 1.82) is 0 Å². The second kappa shape index (κ2) is 9.39. The summed E-state index contributed by atoms with van der Waals surface area (Å²) in [5, 5.41) is 3.27. The fourth-order valence-electron chi connectivity index (χ4n) is 3.33. The minimum atomic E-state index is -0.593. The second-order valence-corrected chi connectivity index (χ2v) is 6.90. The average molecular weight is 313 g/mol. The summed E-state index contributed by atoms with van der Waals surface area (Å²) < 4.78 is 0. The van der Waals surface area contributed by atoms with E-state index >= 15 is 0 Å². The predicted octanol–water partition coefficient (Wildman–Crippen LogP) is 4.09. The zero-order valence-electron chi connectivity index (χ0n) is 13.7. The van der Waals surface area contributed by atoms with Crippen molar-refractivity contribution in [1.82, 2.24) is 5.32 Å². The Morgan fingerprint density at radius 2 is 1.76 bits per heavy atom. The molecule has 1 aliphatic rings. The first kappa shape index (κ1) is 18.4. The van der Waals surface area contributed by atoms with E-state index in [9.17, 15) is 4.79 Å². The van der Waals surface area contributed by atoms with E-state index in [4.69, 9.17) is 18.0 Å². The molecule has 3 N–H and O–H groups in total. The van der Waals surface area contributed by atoms with E-state index in [1.165, 1.54) is 12.8 Å². The molecule has 0 aromatic rings. The maximum Gasteiger partial charge on any atom is 0.233 e. The van der Waals surface area contributed by atoms with Gasteiger partial charge in [0.05, 0.1) is 10.4 Å². The van der Waals surface area contributed by atoms with E-state index in [0.717, 1.165) is 57.8 Å². The van der Waals surface area contributed by atoms with Gasteiger partial charge in [-0.1, -0.05) is 71.0 Å². The van der Waals surface area contributed by atoms with Gasteiger partial charge in [-0.15, -0.1) is 0 Å². The number of thiocarbonyl (C=S) groups is 1. The van der Waals surface area contributed by atoms with Crippen molar-refractivity contribution in [3.8, 4) is 0 Å². The Labute approximate surface area is 135 Å². The van der Waals surface area contributed by atoms with Crippen LogP contribution in [0.4, 0.5) is 0 Å². The molecule has 0 aliphatic heterocycles. The van der Waals surface area contributed by atoms with Crippen LogP contribution in [0.5, 0.6) is 0 Å². The molecule has 0 radical (unpaired) electrons. The third-order valence-corrected chi connectivity index (χ3v) is 5.13. The van der Waals surface area contributed by atoms with Crippen LogP contribution in [0.15, 0.2) is 0 Å². The number of carbonyl (C=O) groups is 1. The summed E-state index contributed by atoms with van der Waals surface area (Å²) >= 11 is 5.29. The molecular formula is C17H32N2OS. The zero-order chi connectivity index (χ0) is 15.7. The molecule has 0 bridgehead atoms. The van der Waals surface area contributed by atoms with E-state index in [1.807, 2.05) is 0 Å². The number of hydrogen-bond acceptors (Lipinski definition) is 2. The average Bonchev–Trinajstić information content (AvgIpc) is 2.71. The van der Waals surface area contributed by atoms with E-state index in [0.29, 0.717) is 4.99 Å². The summed E-state index contributed by atoms with van der Waals surface area (Å²) in [5.74, 6) is 0.0893. The Balaban J connectivity index is 2.76. The minimum absolute atomic E-state index is 0.0893. The largest absolute Gasteiger partial charge is 0.392 e. The van der Waals surface area contributed by atoms with Crippen molar-refractivity contribution in [3.05, 3.63) is 0 Å². The van der Waals surface area contributed by atoms with Crippen molar-refractivity contribution in [2.45, 2.75) is 90.5 Å². The lowest BCUT2D eigenvalue weighted by Gasteiger charge is -2.32. The highest BCUT2D eigenvalue weighted by atomic mass is 32.1. The van der Waals surface area contributed by atoms with Gasteiger partial charge in [-0.2, -0.15) is 0 Å².